The van der Waals surface area contributed by atoms with E-state index in [2.05, 4.69) is 24.3 Å². The second-order valence-electron chi connectivity index (χ2n) is 5.97. The number of likely N-dealkylation sites (tertiary alicyclic amines) is 1. The van der Waals surface area contributed by atoms with Crippen LogP contribution in [0, 0.1) is 11.8 Å². The summed E-state index contributed by atoms with van der Waals surface area (Å²) in [6, 6.07) is 1.80. The number of nitrogens with zero attached hydrogens (tertiary/aromatic N) is 3. The number of fused-ring (bicyclic) bond motifs is 1. The summed E-state index contributed by atoms with van der Waals surface area (Å²) in [5, 5.41) is 7.65. The van der Waals surface area contributed by atoms with Crippen LogP contribution in [0.1, 0.15) is 24.3 Å². The Morgan fingerprint density at radius 3 is 2.89 bits per heavy atom. The SMILES string of the molecule is Cn1ccc(C(=O)N2CC3CNCC3C2(C)C)n1. The number of hydrogen-bond donors (Lipinski definition) is 1. The van der Waals surface area contributed by atoms with Crippen LogP contribution in [-0.2, 0) is 7.05 Å². The molecule has 1 N–H and O–H groups in total. The minimum atomic E-state index is -0.0806. The van der Waals surface area contributed by atoms with Crippen molar-refractivity contribution in [2.45, 2.75) is 19.4 Å². The van der Waals surface area contributed by atoms with E-state index >= 15 is 0 Å². The molecule has 0 radical (unpaired) electrons. The third kappa shape index (κ3) is 1.57. The van der Waals surface area contributed by atoms with Gasteiger partial charge in [-0.3, -0.25) is 9.48 Å². The summed E-state index contributed by atoms with van der Waals surface area (Å²) < 4.78 is 1.68. The topological polar surface area (TPSA) is 50.2 Å². The van der Waals surface area contributed by atoms with Gasteiger partial charge in [0.2, 0.25) is 0 Å². The minimum Gasteiger partial charge on any atom is -0.331 e. The fraction of sp³-hybridized carbons (Fsp3) is 0.692. The van der Waals surface area contributed by atoms with E-state index in [0.29, 0.717) is 17.5 Å². The normalized spacial score (nSPS) is 29.6. The maximum Gasteiger partial charge on any atom is 0.274 e. The Morgan fingerprint density at radius 1 is 1.50 bits per heavy atom. The van der Waals surface area contributed by atoms with Gasteiger partial charge in [0.05, 0.1) is 0 Å². The Bertz CT molecular complexity index is 479. The maximum absolute atomic E-state index is 12.5. The zero-order chi connectivity index (χ0) is 12.9. The molecule has 2 fully saturated rings. The molecule has 2 saturated heterocycles. The molecule has 0 bridgehead atoms. The van der Waals surface area contributed by atoms with Gasteiger partial charge in [-0.05, 0) is 31.7 Å². The predicted octanol–water partition coefficient (Wildman–Crippen LogP) is 0.490. The van der Waals surface area contributed by atoms with Gasteiger partial charge in [-0.25, -0.2) is 0 Å². The first-order valence-corrected chi connectivity index (χ1v) is 6.52. The van der Waals surface area contributed by atoms with Crippen LogP contribution >= 0.6 is 0 Å². The van der Waals surface area contributed by atoms with Crippen molar-refractivity contribution in [2.75, 3.05) is 19.6 Å². The van der Waals surface area contributed by atoms with Gasteiger partial charge in [0, 0.05) is 38.4 Å². The number of hydrogen-bond acceptors (Lipinski definition) is 3. The molecule has 0 aromatic carbocycles. The Balaban J connectivity index is 1.87. The molecule has 0 aliphatic carbocycles. The second kappa shape index (κ2) is 3.82. The van der Waals surface area contributed by atoms with Gasteiger partial charge < -0.3 is 10.2 Å². The number of nitrogens with one attached hydrogen (secondary N) is 1. The van der Waals surface area contributed by atoms with Crippen LogP contribution in [0.5, 0.6) is 0 Å². The lowest BCUT2D eigenvalue weighted by Gasteiger charge is -2.35. The monoisotopic (exact) mass is 248 g/mol. The van der Waals surface area contributed by atoms with Gasteiger partial charge in [0.15, 0.2) is 0 Å². The van der Waals surface area contributed by atoms with Crippen molar-refractivity contribution < 1.29 is 4.79 Å². The van der Waals surface area contributed by atoms with Gasteiger partial charge in [-0.15, -0.1) is 0 Å². The third-order valence-corrected chi connectivity index (χ3v) is 4.54. The molecular weight excluding hydrogens is 228 g/mol. The van der Waals surface area contributed by atoms with Crippen LogP contribution in [0.3, 0.4) is 0 Å². The Hall–Kier alpha value is -1.36. The average Bonchev–Trinajstić information content (AvgIpc) is 2.96. The summed E-state index contributed by atoms with van der Waals surface area (Å²) in [6.45, 7) is 7.24. The number of amides is 1. The first-order chi connectivity index (χ1) is 8.50. The van der Waals surface area contributed by atoms with Crippen LogP contribution in [0.4, 0.5) is 0 Å². The molecule has 0 saturated carbocycles. The third-order valence-electron chi connectivity index (χ3n) is 4.54. The summed E-state index contributed by atoms with van der Waals surface area (Å²) in [4.78, 5) is 14.5. The standard InChI is InChI=1S/C13H20N4O/c1-13(2)10-7-14-6-9(10)8-17(13)12(18)11-4-5-16(3)15-11/h4-5,9-10,14H,6-8H2,1-3H3. The fourth-order valence-corrected chi connectivity index (χ4v) is 3.43. The highest BCUT2D eigenvalue weighted by Crippen LogP contribution is 2.41. The smallest absolute Gasteiger partial charge is 0.274 e. The number of carbonyl (C=O) groups excluding carboxylic acids is 1. The first-order valence-electron chi connectivity index (χ1n) is 6.52. The van der Waals surface area contributed by atoms with E-state index in [4.69, 9.17) is 0 Å². The number of aromatic nitrogens is 2. The summed E-state index contributed by atoms with van der Waals surface area (Å²) in [5.41, 5.74) is 0.474. The number of rotatable bonds is 1. The van der Waals surface area contributed by atoms with Crippen LogP contribution in [-0.4, -0.2) is 45.8 Å². The van der Waals surface area contributed by atoms with E-state index in [0.717, 1.165) is 19.6 Å². The zero-order valence-electron chi connectivity index (χ0n) is 11.2. The van der Waals surface area contributed by atoms with Crippen LogP contribution in [0.2, 0.25) is 0 Å². The molecule has 2 aliphatic heterocycles. The van der Waals surface area contributed by atoms with E-state index in [1.807, 2.05) is 18.1 Å². The Morgan fingerprint density at radius 2 is 2.28 bits per heavy atom. The molecule has 98 valence electrons. The highest BCUT2D eigenvalue weighted by atomic mass is 16.2. The quantitative estimate of drug-likeness (QED) is 0.787. The van der Waals surface area contributed by atoms with Gasteiger partial charge >= 0.3 is 0 Å². The maximum atomic E-state index is 12.5. The van der Waals surface area contributed by atoms with E-state index in [1.54, 1.807) is 10.7 Å². The van der Waals surface area contributed by atoms with Crippen LogP contribution in [0.15, 0.2) is 12.3 Å². The van der Waals surface area contributed by atoms with Crippen molar-refractivity contribution in [3.05, 3.63) is 18.0 Å². The molecule has 2 atom stereocenters. The van der Waals surface area contributed by atoms with E-state index in [9.17, 15) is 4.79 Å². The van der Waals surface area contributed by atoms with Crippen LogP contribution in [0.25, 0.3) is 0 Å². The second-order valence-corrected chi connectivity index (χ2v) is 5.97. The first kappa shape index (κ1) is 11.7. The molecule has 2 unspecified atom stereocenters. The average molecular weight is 248 g/mol. The van der Waals surface area contributed by atoms with Gasteiger partial charge in [0.1, 0.15) is 5.69 Å². The lowest BCUT2D eigenvalue weighted by molar-refractivity contribution is 0.0596. The van der Waals surface area contributed by atoms with Crippen molar-refractivity contribution in [2.24, 2.45) is 18.9 Å². The van der Waals surface area contributed by atoms with Crippen molar-refractivity contribution in [1.82, 2.24) is 20.0 Å². The summed E-state index contributed by atoms with van der Waals surface area (Å²) in [5.74, 6) is 1.22. The number of aryl methyl sites for hydroxylation is 1. The molecule has 3 heterocycles. The highest BCUT2D eigenvalue weighted by molar-refractivity contribution is 5.93. The van der Waals surface area contributed by atoms with Crippen molar-refractivity contribution in [1.29, 1.82) is 0 Å². The summed E-state index contributed by atoms with van der Waals surface area (Å²) in [6.07, 6.45) is 1.82. The summed E-state index contributed by atoms with van der Waals surface area (Å²) >= 11 is 0. The van der Waals surface area contributed by atoms with Gasteiger partial charge in [-0.1, -0.05) is 0 Å². The highest BCUT2D eigenvalue weighted by Gasteiger charge is 2.51. The Kier molecular flexibility index (Phi) is 2.48. The molecule has 18 heavy (non-hydrogen) atoms. The van der Waals surface area contributed by atoms with Crippen molar-refractivity contribution >= 4 is 5.91 Å². The lowest BCUT2D eigenvalue weighted by atomic mass is 9.85. The minimum absolute atomic E-state index is 0.0648. The summed E-state index contributed by atoms with van der Waals surface area (Å²) in [7, 11) is 1.84. The Labute approximate surface area is 107 Å². The van der Waals surface area contributed by atoms with Crippen molar-refractivity contribution in [3.8, 4) is 0 Å². The molecule has 5 nitrogen and oxygen atoms in total. The number of carbonyl (C=O) groups is 1. The molecule has 1 aromatic heterocycles. The predicted molar refractivity (Wildman–Crippen MR) is 68.2 cm³/mol. The molecule has 5 heteroatoms. The van der Waals surface area contributed by atoms with Crippen molar-refractivity contribution in [3.63, 3.8) is 0 Å². The largest absolute Gasteiger partial charge is 0.331 e. The lowest BCUT2D eigenvalue weighted by Crippen LogP contribution is -2.47. The van der Waals surface area contributed by atoms with Gasteiger partial charge in [-0.2, -0.15) is 5.10 Å². The fourth-order valence-electron chi connectivity index (χ4n) is 3.43. The van der Waals surface area contributed by atoms with E-state index in [1.165, 1.54) is 0 Å². The van der Waals surface area contributed by atoms with Gasteiger partial charge in [0.25, 0.3) is 5.91 Å². The van der Waals surface area contributed by atoms with E-state index < -0.39 is 0 Å². The molecule has 3 rings (SSSR count). The zero-order valence-corrected chi connectivity index (χ0v) is 11.2. The van der Waals surface area contributed by atoms with E-state index in [-0.39, 0.29) is 11.4 Å². The molecule has 1 aromatic rings. The van der Waals surface area contributed by atoms with Crippen LogP contribution < -0.4 is 5.32 Å². The molecular formula is C13H20N4O. The molecule has 2 aliphatic rings. The molecule has 0 spiro atoms. The molecule has 1 amide bonds.